The molecule has 3 atom stereocenters. The monoisotopic (exact) mass is 616 g/mol. The number of carbonyl (C=O) groups is 3. The number of hydrogen-bond donors (Lipinski definition) is 3. The summed E-state index contributed by atoms with van der Waals surface area (Å²) in [5.74, 6) is -10.9. The molecule has 3 amide bonds. The molecule has 2 aliphatic rings. The van der Waals surface area contributed by atoms with Crippen molar-refractivity contribution in [1.29, 1.82) is 5.26 Å². The Balaban J connectivity index is 1.73. The summed E-state index contributed by atoms with van der Waals surface area (Å²) in [5, 5.41) is 25.0. The van der Waals surface area contributed by atoms with Crippen LogP contribution in [0.25, 0.3) is 0 Å². The fourth-order valence-electron chi connectivity index (χ4n) is 5.42. The van der Waals surface area contributed by atoms with E-state index in [4.69, 9.17) is 11.6 Å². The van der Waals surface area contributed by atoms with E-state index in [-0.39, 0.29) is 16.3 Å². The Hall–Kier alpha value is -4.61. The smallest absolute Gasteiger partial charge is 0.259 e. The van der Waals surface area contributed by atoms with Crippen molar-refractivity contribution in [2.75, 3.05) is 10.2 Å². The van der Waals surface area contributed by atoms with Crippen LogP contribution in [0.2, 0.25) is 5.02 Å². The number of nitriles is 1. The van der Waals surface area contributed by atoms with Crippen LogP contribution in [-0.2, 0) is 14.4 Å². The minimum Gasteiger partial charge on any atom is -0.383 e. The predicted molar refractivity (Wildman–Crippen MR) is 143 cm³/mol. The van der Waals surface area contributed by atoms with Crippen LogP contribution in [-0.4, -0.2) is 56.4 Å². The molecule has 2 fully saturated rings. The number of aromatic nitrogens is 2. The topological polar surface area (TPSA) is 148 Å². The van der Waals surface area contributed by atoms with Gasteiger partial charge in [0.1, 0.15) is 35.0 Å². The lowest BCUT2D eigenvalue weighted by atomic mass is 9.74. The van der Waals surface area contributed by atoms with Gasteiger partial charge >= 0.3 is 0 Å². The fourth-order valence-corrected chi connectivity index (χ4v) is 5.67. The normalized spacial score (nSPS) is 21.9. The first kappa shape index (κ1) is 29.9. The first-order chi connectivity index (χ1) is 20.3. The molecule has 1 saturated heterocycles. The number of carbonyl (C=O) groups excluding carboxylic acids is 3. The summed E-state index contributed by atoms with van der Waals surface area (Å²) in [6.07, 6.45) is -3.00. The molecule has 15 heteroatoms. The lowest BCUT2D eigenvalue weighted by Crippen LogP contribution is -2.63. The number of aliphatic hydroxyl groups is 1. The average Bonchev–Trinajstić information content (AvgIpc) is 3.19. The minimum atomic E-state index is -3.02. The molecule has 0 spiro atoms. The number of hydrogen-bond acceptors (Lipinski definition) is 7. The molecule has 0 bridgehead atoms. The molecule has 43 heavy (non-hydrogen) atoms. The molecule has 2 heterocycles. The molecule has 5 rings (SSSR count). The number of anilines is 2. The molecule has 1 aromatic heterocycles. The molecular formula is C28H21ClF4N6O4. The van der Waals surface area contributed by atoms with Crippen LogP contribution in [0.3, 0.4) is 0 Å². The van der Waals surface area contributed by atoms with E-state index in [0.717, 1.165) is 18.3 Å². The second-order valence-corrected chi connectivity index (χ2v) is 10.6. The molecule has 222 valence electrons. The van der Waals surface area contributed by atoms with Crippen LogP contribution in [0.1, 0.15) is 36.4 Å². The van der Waals surface area contributed by atoms with Crippen molar-refractivity contribution in [3.05, 3.63) is 82.6 Å². The molecule has 2 unspecified atom stereocenters. The van der Waals surface area contributed by atoms with Crippen LogP contribution in [0.15, 0.2) is 54.7 Å². The summed E-state index contributed by atoms with van der Waals surface area (Å²) < 4.78 is 55.5. The van der Waals surface area contributed by atoms with Gasteiger partial charge in [0.15, 0.2) is 0 Å². The van der Waals surface area contributed by atoms with Gasteiger partial charge in [-0.3, -0.25) is 19.3 Å². The van der Waals surface area contributed by atoms with Crippen molar-refractivity contribution in [2.24, 2.45) is 0 Å². The Kier molecular flexibility index (Phi) is 7.80. The van der Waals surface area contributed by atoms with E-state index >= 15 is 0 Å². The van der Waals surface area contributed by atoms with Gasteiger partial charge in [-0.2, -0.15) is 5.26 Å². The summed E-state index contributed by atoms with van der Waals surface area (Å²) in [4.78, 5) is 50.6. The molecule has 1 aliphatic heterocycles. The summed E-state index contributed by atoms with van der Waals surface area (Å²) in [6.45, 7) is 0. The van der Waals surface area contributed by atoms with Gasteiger partial charge in [-0.15, -0.1) is 0 Å². The molecule has 3 aromatic rings. The van der Waals surface area contributed by atoms with Crippen LogP contribution in [0.4, 0.5) is 29.2 Å². The standard InChI is InChI=1S/C28H21ClF4N6O4/c29-20-4-2-1-3-19(20)22(23(41)36-18-10-27(32,33)11-18)28(25(43)37-17-8-14(30)7-15(31)9-17)12-21(40)24(42)39(28)26-35-6-5-16(13-34)38-26/h1-9,18,21-22,40H,10-12H2,(H,36,41)(H,37,43)/t21?,22-,28?/m0/s1. The number of halogens is 5. The van der Waals surface area contributed by atoms with Gasteiger partial charge in [-0.25, -0.2) is 27.5 Å². The number of benzene rings is 2. The second kappa shape index (κ2) is 11.2. The van der Waals surface area contributed by atoms with Crippen LogP contribution in [0, 0.1) is 23.0 Å². The Morgan fingerprint density at radius 3 is 2.42 bits per heavy atom. The fraction of sp³-hybridized carbons (Fsp3) is 0.286. The maximum Gasteiger partial charge on any atom is 0.259 e. The van der Waals surface area contributed by atoms with E-state index in [2.05, 4.69) is 20.6 Å². The highest BCUT2D eigenvalue weighted by Gasteiger charge is 2.64. The van der Waals surface area contributed by atoms with Gasteiger partial charge in [0.25, 0.3) is 17.7 Å². The molecule has 0 radical (unpaired) electrons. The largest absolute Gasteiger partial charge is 0.383 e. The Morgan fingerprint density at radius 1 is 1.12 bits per heavy atom. The molecule has 1 saturated carbocycles. The third kappa shape index (κ3) is 5.61. The van der Waals surface area contributed by atoms with Crippen molar-refractivity contribution >= 4 is 41.0 Å². The number of nitrogens with zero attached hydrogens (tertiary/aromatic N) is 4. The SMILES string of the molecule is N#Cc1ccnc(N2C(=O)C(O)CC2(C(=O)Nc2cc(F)cc(F)c2)[C@H](C(=O)NC2CC(F)(F)C2)c2ccccc2Cl)n1. The lowest BCUT2D eigenvalue weighted by molar-refractivity contribution is -0.136. The zero-order valence-electron chi connectivity index (χ0n) is 21.9. The first-order valence-corrected chi connectivity index (χ1v) is 13.2. The van der Waals surface area contributed by atoms with Crippen molar-refractivity contribution in [3.8, 4) is 6.07 Å². The highest BCUT2D eigenvalue weighted by atomic mass is 35.5. The predicted octanol–water partition coefficient (Wildman–Crippen LogP) is 3.45. The molecule has 2 aromatic carbocycles. The minimum absolute atomic E-state index is 0.0448. The summed E-state index contributed by atoms with van der Waals surface area (Å²) >= 11 is 6.48. The van der Waals surface area contributed by atoms with E-state index in [1.807, 2.05) is 0 Å². The molecule has 1 aliphatic carbocycles. The number of amides is 3. The summed E-state index contributed by atoms with van der Waals surface area (Å²) in [7, 11) is 0. The zero-order chi connectivity index (χ0) is 31.1. The van der Waals surface area contributed by atoms with Crippen molar-refractivity contribution < 1.29 is 37.1 Å². The third-order valence-electron chi connectivity index (χ3n) is 7.27. The number of alkyl halides is 2. The van der Waals surface area contributed by atoms with Crippen LogP contribution < -0.4 is 15.5 Å². The number of aliphatic hydroxyl groups excluding tert-OH is 1. The highest BCUT2D eigenvalue weighted by Crippen LogP contribution is 2.47. The quantitative estimate of drug-likeness (QED) is 0.344. The Labute approximate surface area is 246 Å². The van der Waals surface area contributed by atoms with Gasteiger partial charge in [0, 0.05) is 48.3 Å². The van der Waals surface area contributed by atoms with E-state index in [1.165, 1.54) is 30.3 Å². The maximum absolute atomic E-state index is 14.4. The van der Waals surface area contributed by atoms with Gasteiger partial charge in [-0.05, 0) is 29.8 Å². The summed E-state index contributed by atoms with van der Waals surface area (Å²) in [5.41, 5.74) is -3.19. The van der Waals surface area contributed by atoms with E-state index in [0.29, 0.717) is 11.0 Å². The molecule has 3 N–H and O–H groups in total. The van der Waals surface area contributed by atoms with Gasteiger partial charge in [-0.1, -0.05) is 29.8 Å². The average molecular weight is 617 g/mol. The zero-order valence-corrected chi connectivity index (χ0v) is 22.7. The van der Waals surface area contributed by atoms with E-state index < -0.39 is 89.8 Å². The Bertz CT molecular complexity index is 1640. The lowest BCUT2D eigenvalue weighted by Gasteiger charge is -2.43. The van der Waals surface area contributed by atoms with Gasteiger partial charge < -0.3 is 15.7 Å². The van der Waals surface area contributed by atoms with E-state index in [1.54, 1.807) is 6.07 Å². The third-order valence-corrected chi connectivity index (χ3v) is 7.62. The Morgan fingerprint density at radius 2 is 1.79 bits per heavy atom. The van der Waals surface area contributed by atoms with Crippen molar-refractivity contribution in [2.45, 2.75) is 48.8 Å². The van der Waals surface area contributed by atoms with Crippen LogP contribution >= 0.6 is 11.6 Å². The first-order valence-electron chi connectivity index (χ1n) is 12.8. The van der Waals surface area contributed by atoms with E-state index in [9.17, 15) is 42.3 Å². The number of rotatable bonds is 7. The summed E-state index contributed by atoms with van der Waals surface area (Å²) in [6, 6.07) is 9.79. The van der Waals surface area contributed by atoms with Gasteiger partial charge in [0.2, 0.25) is 11.9 Å². The molecular weight excluding hydrogens is 596 g/mol. The highest BCUT2D eigenvalue weighted by molar-refractivity contribution is 6.32. The molecule has 10 nitrogen and oxygen atoms in total. The van der Waals surface area contributed by atoms with Crippen LogP contribution in [0.5, 0.6) is 0 Å². The maximum atomic E-state index is 14.4. The second-order valence-electron chi connectivity index (χ2n) is 10.2. The van der Waals surface area contributed by atoms with Gasteiger partial charge in [0.05, 0.1) is 5.92 Å². The number of nitrogens with one attached hydrogen (secondary N) is 2. The van der Waals surface area contributed by atoms with Crippen molar-refractivity contribution in [3.63, 3.8) is 0 Å². The van der Waals surface area contributed by atoms with Crippen molar-refractivity contribution in [1.82, 2.24) is 15.3 Å².